The first-order chi connectivity index (χ1) is 15.7. The molecule has 10 nitrogen and oxygen atoms in total. The maximum atomic E-state index is 12.4. The first-order valence-electron chi connectivity index (χ1n) is 10.3. The molecule has 1 aliphatic rings. The van der Waals surface area contributed by atoms with Gasteiger partial charge in [-0.1, -0.05) is 25.1 Å². The Morgan fingerprint density at radius 3 is 2.79 bits per heavy atom. The van der Waals surface area contributed by atoms with Crippen molar-refractivity contribution in [3.8, 4) is 11.3 Å². The third-order valence-electron chi connectivity index (χ3n) is 6.02. The molecule has 0 fully saturated rings. The summed E-state index contributed by atoms with van der Waals surface area (Å²) in [6, 6.07) is 11.9. The van der Waals surface area contributed by atoms with Crippen LogP contribution in [0.4, 0.5) is 17.3 Å². The fourth-order valence-electron chi connectivity index (χ4n) is 3.96. The number of hydrogen-bond donors (Lipinski definition) is 3. The minimum absolute atomic E-state index is 0.0130. The highest BCUT2D eigenvalue weighted by Gasteiger charge is 2.41. The maximum Gasteiger partial charge on any atom is 0.247 e. The largest absolute Gasteiger partial charge is 0.325 e. The normalized spacial score (nSPS) is 17.7. The Hall–Kier alpha value is -3.83. The number of amides is 1. The van der Waals surface area contributed by atoms with Crippen LogP contribution < -0.4 is 15.8 Å². The van der Waals surface area contributed by atoms with Gasteiger partial charge in [0.1, 0.15) is 5.69 Å². The Morgan fingerprint density at radius 2 is 2.03 bits per heavy atom. The highest BCUT2D eigenvalue weighted by Crippen LogP contribution is 2.41. The van der Waals surface area contributed by atoms with E-state index in [1.54, 1.807) is 29.0 Å². The van der Waals surface area contributed by atoms with Gasteiger partial charge >= 0.3 is 0 Å². The lowest BCUT2D eigenvalue weighted by atomic mass is 9.81. The van der Waals surface area contributed by atoms with Crippen LogP contribution in [0.15, 0.2) is 59.8 Å². The van der Waals surface area contributed by atoms with Crippen LogP contribution in [0.1, 0.15) is 25.8 Å². The lowest BCUT2D eigenvalue weighted by Gasteiger charge is -2.19. The second kappa shape index (κ2) is 7.36. The molecule has 168 valence electrons. The van der Waals surface area contributed by atoms with Gasteiger partial charge in [0.15, 0.2) is 5.65 Å². The van der Waals surface area contributed by atoms with Crippen molar-refractivity contribution < 1.29 is 13.2 Å². The molecule has 0 bridgehead atoms. The average molecular weight is 464 g/mol. The monoisotopic (exact) mass is 463 g/mol. The summed E-state index contributed by atoms with van der Waals surface area (Å²) in [5.74, 6) is 0.315. The number of sulfonamides is 1. The van der Waals surface area contributed by atoms with Gasteiger partial charge in [0.2, 0.25) is 21.9 Å². The van der Waals surface area contributed by atoms with E-state index in [0.29, 0.717) is 29.3 Å². The number of fused-ring (bicyclic) bond motifs is 2. The summed E-state index contributed by atoms with van der Waals surface area (Å²) in [6.45, 7) is 3.93. The molecule has 1 amide bonds. The van der Waals surface area contributed by atoms with Gasteiger partial charge in [-0.25, -0.2) is 18.1 Å². The van der Waals surface area contributed by atoms with Gasteiger partial charge in [0, 0.05) is 29.3 Å². The van der Waals surface area contributed by atoms with Crippen LogP contribution >= 0.6 is 0 Å². The Morgan fingerprint density at radius 1 is 1.21 bits per heavy atom. The van der Waals surface area contributed by atoms with Gasteiger partial charge in [-0.3, -0.25) is 9.78 Å². The van der Waals surface area contributed by atoms with E-state index in [1.165, 1.54) is 12.1 Å². The van der Waals surface area contributed by atoms with Crippen LogP contribution in [-0.2, 0) is 20.2 Å². The Kier molecular flexibility index (Phi) is 4.69. The zero-order valence-corrected chi connectivity index (χ0v) is 18.7. The molecule has 3 heterocycles. The summed E-state index contributed by atoms with van der Waals surface area (Å²) in [5.41, 5.74) is 3.36. The molecule has 33 heavy (non-hydrogen) atoms. The van der Waals surface area contributed by atoms with Crippen molar-refractivity contribution in [1.82, 2.24) is 19.6 Å². The highest BCUT2D eigenvalue weighted by atomic mass is 32.2. The number of aromatic nitrogens is 4. The first-order valence-corrected chi connectivity index (χ1v) is 11.8. The summed E-state index contributed by atoms with van der Waals surface area (Å²) in [6.07, 6.45) is 3.91. The summed E-state index contributed by atoms with van der Waals surface area (Å²) in [5, 5.41) is 15.8. The van der Waals surface area contributed by atoms with Crippen LogP contribution in [0.2, 0.25) is 0 Å². The number of nitrogens with one attached hydrogen (secondary N) is 2. The number of carbonyl (C=O) groups excluding carboxylic acids is 1. The van der Waals surface area contributed by atoms with Gasteiger partial charge in [-0.05, 0) is 43.2 Å². The van der Waals surface area contributed by atoms with Crippen LogP contribution in [0, 0.1) is 0 Å². The van der Waals surface area contributed by atoms with Crippen molar-refractivity contribution >= 4 is 38.9 Å². The smallest absolute Gasteiger partial charge is 0.247 e. The molecular weight excluding hydrogens is 442 g/mol. The predicted octanol–water partition coefficient (Wildman–Crippen LogP) is 2.80. The maximum absolute atomic E-state index is 12.4. The van der Waals surface area contributed by atoms with Crippen LogP contribution in [-0.4, -0.2) is 33.9 Å². The number of carbonyl (C=O) groups is 1. The summed E-state index contributed by atoms with van der Waals surface area (Å²) in [4.78, 5) is 21.3. The van der Waals surface area contributed by atoms with E-state index < -0.39 is 15.4 Å². The average Bonchev–Trinajstić information content (AvgIpc) is 3.31. The van der Waals surface area contributed by atoms with E-state index in [4.69, 9.17) is 5.14 Å². The number of benzene rings is 2. The van der Waals surface area contributed by atoms with Gasteiger partial charge in [-0.2, -0.15) is 4.98 Å². The highest BCUT2D eigenvalue weighted by molar-refractivity contribution is 7.89. The number of nitrogens with two attached hydrogens (primary N) is 1. The molecule has 0 saturated carbocycles. The standard InChI is InChI=1S/C22H21N7O3S/c1-3-22(2)16-8-7-14(12-17(16)26-20(22)30)25-21-27-19-18(24-9-10-29(19)28-21)13-5-4-6-15(11-13)33(23,31)32/h4-12H,3H2,1-2H3,(H,25,28)(H,26,30)(H2,23,31,32). The van der Waals surface area contributed by atoms with Crippen molar-refractivity contribution in [3.05, 3.63) is 60.4 Å². The molecule has 4 aromatic rings. The van der Waals surface area contributed by atoms with E-state index in [2.05, 4.69) is 25.7 Å². The van der Waals surface area contributed by atoms with E-state index in [9.17, 15) is 13.2 Å². The van der Waals surface area contributed by atoms with Gasteiger partial charge in [0.05, 0.1) is 10.3 Å². The van der Waals surface area contributed by atoms with Crippen LogP contribution in [0.3, 0.4) is 0 Å². The number of nitrogens with zero attached hydrogens (tertiary/aromatic N) is 4. The van der Waals surface area contributed by atoms with Crippen molar-refractivity contribution in [2.45, 2.75) is 30.6 Å². The lowest BCUT2D eigenvalue weighted by molar-refractivity contribution is -0.120. The first kappa shape index (κ1) is 21.0. The quantitative estimate of drug-likeness (QED) is 0.413. The van der Waals surface area contributed by atoms with Gasteiger partial charge in [-0.15, -0.1) is 5.10 Å². The third kappa shape index (κ3) is 3.51. The molecule has 11 heteroatoms. The topological polar surface area (TPSA) is 144 Å². The predicted molar refractivity (Wildman–Crippen MR) is 124 cm³/mol. The van der Waals surface area contributed by atoms with Gasteiger partial charge in [0.25, 0.3) is 0 Å². The number of anilines is 3. The number of rotatable bonds is 5. The summed E-state index contributed by atoms with van der Waals surface area (Å²) < 4.78 is 25.0. The van der Waals surface area contributed by atoms with Crippen molar-refractivity contribution in [3.63, 3.8) is 0 Å². The van der Waals surface area contributed by atoms with Crippen LogP contribution in [0.25, 0.3) is 16.9 Å². The van der Waals surface area contributed by atoms with E-state index in [0.717, 1.165) is 16.9 Å². The molecule has 1 atom stereocenters. The zero-order valence-electron chi connectivity index (χ0n) is 17.9. The third-order valence-corrected chi connectivity index (χ3v) is 6.93. The Balaban J connectivity index is 1.50. The second-order valence-corrected chi connectivity index (χ2v) is 9.64. The molecule has 2 aromatic heterocycles. The summed E-state index contributed by atoms with van der Waals surface area (Å²) >= 11 is 0. The van der Waals surface area contributed by atoms with E-state index in [-0.39, 0.29) is 10.8 Å². The molecule has 1 unspecified atom stereocenters. The Bertz CT molecular complexity index is 1530. The van der Waals surface area contributed by atoms with Crippen molar-refractivity contribution in [2.75, 3.05) is 10.6 Å². The molecule has 4 N–H and O–H groups in total. The number of hydrogen-bond acceptors (Lipinski definition) is 7. The Labute approximate surface area is 189 Å². The van der Waals surface area contributed by atoms with Crippen molar-refractivity contribution in [1.29, 1.82) is 0 Å². The zero-order chi connectivity index (χ0) is 23.4. The minimum Gasteiger partial charge on any atom is -0.325 e. The number of primary sulfonamides is 1. The minimum atomic E-state index is -3.85. The SMILES string of the molecule is CCC1(C)C(=O)Nc2cc(Nc3nc4c(-c5cccc(S(N)(=O)=O)c5)nccn4n3)ccc21. The molecule has 5 rings (SSSR count). The molecule has 2 aromatic carbocycles. The molecule has 0 radical (unpaired) electrons. The molecule has 1 aliphatic heterocycles. The lowest BCUT2D eigenvalue weighted by Crippen LogP contribution is -2.29. The second-order valence-electron chi connectivity index (χ2n) is 8.08. The molecule has 0 spiro atoms. The van der Waals surface area contributed by atoms with Gasteiger partial charge < -0.3 is 10.6 Å². The molecule has 0 saturated heterocycles. The van der Waals surface area contributed by atoms with E-state index in [1.807, 2.05) is 32.0 Å². The molecule has 0 aliphatic carbocycles. The van der Waals surface area contributed by atoms with E-state index >= 15 is 0 Å². The fraction of sp³-hybridized carbons (Fsp3) is 0.182. The molecular formula is C22H21N7O3S. The summed E-state index contributed by atoms with van der Waals surface area (Å²) in [7, 11) is -3.85. The van der Waals surface area contributed by atoms with Crippen molar-refractivity contribution in [2.24, 2.45) is 5.14 Å². The van der Waals surface area contributed by atoms with Crippen LogP contribution in [0.5, 0.6) is 0 Å². The fourth-order valence-corrected chi connectivity index (χ4v) is 4.52.